The Morgan fingerprint density at radius 3 is 2.59 bits per heavy atom. The normalized spacial score (nSPS) is 28.0. The molecule has 3 aliphatic heterocycles. The van der Waals surface area contributed by atoms with Crippen molar-refractivity contribution in [2.45, 2.75) is 37.8 Å². The zero-order chi connectivity index (χ0) is 18.4. The average molecular weight is 386 g/mol. The summed E-state index contributed by atoms with van der Waals surface area (Å²) in [7, 11) is 0. The van der Waals surface area contributed by atoms with Crippen LogP contribution in [0.3, 0.4) is 0 Å². The first-order valence-corrected chi connectivity index (χ1v) is 10.5. The molecule has 2 aromatic rings. The number of fused-ring (bicyclic) bond motifs is 4. The Morgan fingerprint density at radius 1 is 1.04 bits per heavy atom. The Hall–Kier alpha value is -1.62. The summed E-state index contributed by atoms with van der Waals surface area (Å²) < 4.78 is 7.63. The maximum atomic E-state index is 12.6. The zero-order valence-corrected chi connectivity index (χ0v) is 16.3. The Kier molecular flexibility index (Phi) is 4.58. The SMILES string of the molecule is O=c1ccc(-c2ccc(Cl)cc2)c2n1C[C@H]1C[C@@H]2C[NH+](C2CCOCC2)C1. The zero-order valence-electron chi connectivity index (χ0n) is 15.5. The third-order valence-electron chi connectivity index (χ3n) is 6.68. The number of nitrogens with zero attached hydrogens (tertiary/aromatic N) is 1. The molecule has 0 radical (unpaired) electrons. The fraction of sp³-hybridized carbons (Fsp3) is 0.500. The van der Waals surface area contributed by atoms with E-state index in [0.717, 1.165) is 36.9 Å². The quantitative estimate of drug-likeness (QED) is 0.861. The summed E-state index contributed by atoms with van der Waals surface area (Å²) in [6, 6.07) is 12.5. The molecule has 2 fully saturated rings. The van der Waals surface area contributed by atoms with Crippen molar-refractivity contribution >= 4 is 11.6 Å². The van der Waals surface area contributed by atoms with Crippen LogP contribution in [0, 0.1) is 5.92 Å². The van der Waals surface area contributed by atoms with Crippen molar-refractivity contribution < 1.29 is 9.64 Å². The minimum Gasteiger partial charge on any atom is -0.381 e. The van der Waals surface area contributed by atoms with Crippen LogP contribution in [0.1, 0.15) is 30.9 Å². The Balaban J connectivity index is 1.53. The van der Waals surface area contributed by atoms with E-state index in [1.807, 2.05) is 18.2 Å². The first-order valence-electron chi connectivity index (χ1n) is 10.1. The van der Waals surface area contributed by atoms with Gasteiger partial charge >= 0.3 is 0 Å². The van der Waals surface area contributed by atoms with Crippen molar-refractivity contribution in [3.05, 3.63) is 57.5 Å². The molecule has 0 aliphatic carbocycles. The summed E-state index contributed by atoms with van der Waals surface area (Å²) in [5, 5.41) is 0.744. The second kappa shape index (κ2) is 7.08. The highest BCUT2D eigenvalue weighted by atomic mass is 35.5. The Morgan fingerprint density at radius 2 is 1.81 bits per heavy atom. The molecular formula is C22H26ClN2O2+. The van der Waals surface area contributed by atoms with E-state index in [4.69, 9.17) is 16.3 Å². The van der Waals surface area contributed by atoms with Gasteiger partial charge < -0.3 is 14.2 Å². The van der Waals surface area contributed by atoms with Gasteiger partial charge in [0.15, 0.2) is 0 Å². The van der Waals surface area contributed by atoms with E-state index < -0.39 is 0 Å². The number of nitrogens with one attached hydrogen (secondary N) is 1. The van der Waals surface area contributed by atoms with Gasteiger partial charge in [-0.3, -0.25) is 4.79 Å². The van der Waals surface area contributed by atoms with Crippen LogP contribution in [-0.2, 0) is 11.3 Å². The first-order chi connectivity index (χ1) is 13.2. The lowest BCUT2D eigenvalue weighted by Crippen LogP contribution is -3.18. The third-order valence-corrected chi connectivity index (χ3v) is 6.94. The molecule has 2 saturated heterocycles. The van der Waals surface area contributed by atoms with Crippen LogP contribution in [-0.4, -0.2) is 36.9 Å². The minimum atomic E-state index is 0.145. The number of halogens is 1. The maximum Gasteiger partial charge on any atom is 0.250 e. The molecule has 0 spiro atoms. The Labute approximate surface area is 164 Å². The number of pyridine rings is 1. The van der Waals surface area contributed by atoms with Gasteiger partial charge in [0.25, 0.3) is 5.56 Å². The highest BCUT2D eigenvalue weighted by molar-refractivity contribution is 6.30. The van der Waals surface area contributed by atoms with Gasteiger partial charge in [0.2, 0.25) is 0 Å². The molecule has 0 amide bonds. The van der Waals surface area contributed by atoms with Gasteiger partial charge in [0.1, 0.15) is 0 Å². The second-order valence-electron chi connectivity index (χ2n) is 8.34. The number of hydrogen-bond donors (Lipinski definition) is 1. The van der Waals surface area contributed by atoms with Crippen LogP contribution >= 0.6 is 11.6 Å². The van der Waals surface area contributed by atoms with Gasteiger partial charge in [-0.05, 0) is 30.2 Å². The van der Waals surface area contributed by atoms with Gasteiger partial charge in [0, 0.05) is 53.6 Å². The summed E-state index contributed by atoms with van der Waals surface area (Å²) in [5.74, 6) is 1.06. The molecule has 4 nitrogen and oxygen atoms in total. The van der Waals surface area contributed by atoms with Crippen molar-refractivity contribution in [2.24, 2.45) is 5.92 Å². The monoisotopic (exact) mass is 385 g/mol. The molecule has 1 N–H and O–H groups in total. The van der Waals surface area contributed by atoms with Crippen LogP contribution in [0.2, 0.25) is 5.02 Å². The van der Waals surface area contributed by atoms with Gasteiger partial charge in [-0.25, -0.2) is 0 Å². The predicted molar refractivity (Wildman–Crippen MR) is 107 cm³/mol. The highest BCUT2D eigenvalue weighted by Crippen LogP contribution is 2.37. The van der Waals surface area contributed by atoms with Crippen LogP contribution < -0.4 is 10.5 Å². The van der Waals surface area contributed by atoms with E-state index in [1.54, 1.807) is 11.0 Å². The Bertz CT molecular complexity index is 886. The van der Waals surface area contributed by atoms with Gasteiger partial charge in [0.05, 0.1) is 32.3 Å². The average Bonchev–Trinajstić information content (AvgIpc) is 2.70. The first kappa shape index (κ1) is 17.5. The molecule has 5 rings (SSSR count). The third kappa shape index (κ3) is 3.24. The fourth-order valence-corrected chi connectivity index (χ4v) is 5.61. The van der Waals surface area contributed by atoms with Crippen LogP contribution in [0.15, 0.2) is 41.2 Å². The van der Waals surface area contributed by atoms with E-state index in [0.29, 0.717) is 17.9 Å². The van der Waals surface area contributed by atoms with Crippen molar-refractivity contribution in [3.8, 4) is 11.1 Å². The minimum absolute atomic E-state index is 0.145. The lowest BCUT2D eigenvalue weighted by molar-refractivity contribution is -0.937. The molecule has 1 aromatic heterocycles. The fourth-order valence-electron chi connectivity index (χ4n) is 5.48. The summed E-state index contributed by atoms with van der Waals surface area (Å²) >= 11 is 6.09. The molecule has 5 heteroatoms. The van der Waals surface area contributed by atoms with Gasteiger partial charge in [-0.1, -0.05) is 23.7 Å². The molecule has 3 aliphatic rings. The molecule has 27 heavy (non-hydrogen) atoms. The summed E-state index contributed by atoms with van der Waals surface area (Å²) in [4.78, 5) is 14.4. The van der Waals surface area contributed by atoms with Crippen molar-refractivity contribution in [2.75, 3.05) is 26.3 Å². The lowest BCUT2D eigenvalue weighted by Gasteiger charge is -2.44. The molecule has 2 bridgehead atoms. The molecule has 4 heterocycles. The number of ether oxygens (including phenoxy) is 1. The number of piperidine rings is 1. The topological polar surface area (TPSA) is 35.7 Å². The van der Waals surface area contributed by atoms with E-state index >= 15 is 0 Å². The van der Waals surface area contributed by atoms with Crippen LogP contribution in [0.5, 0.6) is 0 Å². The summed E-state index contributed by atoms with van der Waals surface area (Å²) in [6.07, 6.45) is 3.54. The van der Waals surface area contributed by atoms with Crippen molar-refractivity contribution in [3.63, 3.8) is 0 Å². The molecular weight excluding hydrogens is 360 g/mol. The van der Waals surface area contributed by atoms with Crippen LogP contribution in [0.25, 0.3) is 11.1 Å². The summed E-state index contributed by atoms with van der Waals surface area (Å²) in [6.45, 7) is 4.98. The number of benzene rings is 1. The predicted octanol–water partition coefficient (Wildman–Crippen LogP) is 2.35. The van der Waals surface area contributed by atoms with Gasteiger partial charge in [-0.2, -0.15) is 0 Å². The highest BCUT2D eigenvalue weighted by Gasteiger charge is 2.41. The number of likely N-dealkylation sites (tertiary alicyclic amines) is 1. The molecule has 0 saturated carbocycles. The second-order valence-corrected chi connectivity index (χ2v) is 8.78. The largest absolute Gasteiger partial charge is 0.381 e. The molecule has 3 atom stereocenters. The van der Waals surface area contributed by atoms with Crippen LogP contribution in [0.4, 0.5) is 0 Å². The van der Waals surface area contributed by atoms with Crippen molar-refractivity contribution in [1.82, 2.24) is 4.57 Å². The summed E-state index contributed by atoms with van der Waals surface area (Å²) in [5.41, 5.74) is 3.74. The van der Waals surface area contributed by atoms with E-state index in [-0.39, 0.29) is 5.56 Å². The van der Waals surface area contributed by atoms with E-state index in [1.165, 1.54) is 37.1 Å². The molecule has 1 aromatic carbocycles. The van der Waals surface area contributed by atoms with Crippen molar-refractivity contribution in [1.29, 1.82) is 0 Å². The molecule has 1 unspecified atom stereocenters. The van der Waals surface area contributed by atoms with Gasteiger partial charge in [-0.15, -0.1) is 0 Å². The van der Waals surface area contributed by atoms with E-state index in [9.17, 15) is 4.79 Å². The molecule has 142 valence electrons. The smallest absolute Gasteiger partial charge is 0.250 e. The number of aromatic nitrogens is 1. The standard InChI is InChI=1S/C22H25ClN2O2/c23-18-3-1-16(2-4-18)20-5-6-21(26)25-13-15-11-17(22(20)25)14-24(12-15)19-7-9-27-10-8-19/h1-6,15,17,19H,7-14H2/p+1/t15-,17+/m0/s1. The number of hydrogen-bond acceptors (Lipinski definition) is 2. The maximum absolute atomic E-state index is 12.6. The number of quaternary nitrogens is 1. The van der Waals surface area contributed by atoms with E-state index in [2.05, 4.69) is 16.7 Å². The number of rotatable bonds is 2. The lowest BCUT2D eigenvalue weighted by atomic mass is 9.79.